The highest BCUT2D eigenvalue weighted by atomic mass is 32.2. The van der Waals surface area contributed by atoms with Gasteiger partial charge in [-0.3, -0.25) is 4.79 Å². The first-order valence-corrected chi connectivity index (χ1v) is 7.12. The lowest BCUT2D eigenvalue weighted by atomic mass is 9.97. The minimum atomic E-state index is -1.76. The summed E-state index contributed by atoms with van der Waals surface area (Å²) in [5, 5.41) is 19.8. The molecule has 0 bridgehead atoms. The van der Waals surface area contributed by atoms with Crippen LogP contribution in [0.15, 0.2) is 33.6 Å². The van der Waals surface area contributed by atoms with Crippen LogP contribution in [0.3, 0.4) is 0 Å². The van der Waals surface area contributed by atoms with Crippen molar-refractivity contribution in [1.82, 2.24) is 5.32 Å². The van der Waals surface area contributed by atoms with E-state index in [1.165, 1.54) is 6.08 Å². The van der Waals surface area contributed by atoms with Gasteiger partial charge < -0.3 is 25.0 Å². The summed E-state index contributed by atoms with van der Waals surface area (Å²) in [4.78, 5) is 45.4. The number of aliphatic carboxylic acids is 2. The molecule has 0 saturated heterocycles. The molecule has 1 unspecified atom stereocenters. The second-order valence-corrected chi connectivity index (χ2v) is 5.30. The van der Waals surface area contributed by atoms with Crippen molar-refractivity contribution in [1.29, 1.82) is 0 Å². The number of amides is 1. The SMILES string of the molecule is CCOC(=O)C1=C2SC(NC(=O)C(=O)O)=C(C(=O)O)C2C=CO1. The molecule has 0 aromatic rings. The number of carbonyl (C=O) groups is 4. The molecule has 1 atom stereocenters. The summed E-state index contributed by atoms with van der Waals surface area (Å²) < 4.78 is 9.91. The quantitative estimate of drug-likeness (QED) is 0.482. The van der Waals surface area contributed by atoms with Crippen molar-refractivity contribution in [2.24, 2.45) is 5.92 Å². The van der Waals surface area contributed by atoms with Crippen LogP contribution in [0.5, 0.6) is 0 Å². The number of rotatable bonds is 4. The minimum Gasteiger partial charge on any atom is -0.478 e. The molecule has 2 rings (SSSR count). The van der Waals surface area contributed by atoms with E-state index in [-0.39, 0.29) is 27.9 Å². The standard InChI is InChI=1S/C13H11NO8S/c1-2-21-13(20)7-8-5(3-4-22-7)6(11(16)17)10(23-8)14-9(15)12(18)19/h3-5H,2H2,1H3,(H,14,15)(H,16,17)(H,18,19). The Morgan fingerprint density at radius 1 is 1.35 bits per heavy atom. The first-order valence-electron chi connectivity index (χ1n) is 6.31. The Hall–Kier alpha value is -2.75. The number of ether oxygens (including phenoxy) is 2. The highest BCUT2D eigenvalue weighted by molar-refractivity contribution is 8.07. The molecule has 122 valence electrons. The molecule has 23 heavy (non-hydrogen) atoms. The first-order chi connectivity index (χ1) is 10.9. The third-order valence-electron chi connectivity index (χ3n) is 2.84. The van der Waals surface area contributed by atoms with Crippen LogP contribution >= 0.6 is 11.8 Å². The number of hydrogen-bond acceptors (Lipinski definition) is 7. The minimum absolute atomic E-state index is 0.0971. The maximum absolute atomic E-state index is 11.9. The van der Waals surface area contributed by atoms with Gasteiger partial charge in [0, 0.05) is 0 Å². The zero-order valence-electron chi connectivity index (χ0n) is 11.7. The van der Waals surface area contributed by atoms with Crippen LogP contribution in [0.1, 0.15) is 6.92 Å². The van der Waals surface area contributed by atoms with E-state index < -0.39 is 29.7 Å². The Balaban J connectivity index is 2.41. The number of hydrogen-bond donors (Lipinski definition) is 3. The van der Waals surface area contributed by atoms with Gasteiger partial charge in [-0.1, -0.05) is 11.8 Å². The fraction of sp³-hybridized carbons (Fsp3) is 0.231. The van der Waals surface area contributed by atoms with Crippen LogP contribution < -0.4 is 5.32 Å². The summed E-state index contributed by atoms with van der Waals surface area (Å²) in [6, 6.07) is 0. The Morgan fingerprint density at radius 2 is 2.04 bits per heavy atom. The second-order valence-electron chi connectivity index (χ2n) is 4.25. The molecule has 0 radical (unpaired) electrons. The monoisotopic (exact) mass is 341 g/mol. The van der Waals surface area contributed by atoms with Gasteiger partial charge in [-0.15, -0.1) is 0 Å². The number of allylic oxidation sites excluding steroid dienone is 2. The van der Waals surface area contributed by atoms with Crippen LogP contribution in [-0.2, 0) is 28.7 Å². The molecule has 0 aromatic heterocycles. The number of carbonyl (C=O) groups excluding carboxylic acids is 2. The lowest BCUT2D eigenvalue weighted by Crippen LogP contribution is -2.30. The fourth-order valence-corrected chi connectivity index (χ4v) is 3.18. The summed E-state index contributed by atoms with van der Waals surface area (Å²) in [5.74, 6) is -6.30. The Morgan fingerprint density at radius 3 is 2.61 bits per heavy atom. The maximum Gasteiger partial charge on any atom is 0.394 e. The Bertz CT molecular complexity index is 690. The normalized spacial score (nSPS) is 19.1. The fourth-order valence-electron chi connectivity index (χ4n) is 1.94. The van der Waals surface area contributed by atoms with Crippen molar-refractivity contribution in [2.45, 2.75) is 6.92 Å². The van der Waals surface area contributed by atoms with Crippen LogP contribution in [0.4, 0.5) is 0 Å². The molecule has 2 heterocycles. The molecule has 2 aliphatic rings. The number of esters is 1. The summed E-state index contributed by atoms with van der Waals surface area (Å²) in [6.45, 7) is 1.69. The molecular weight excluding hydrogens is 330 g/mol. The van der Waals surface area contributed by atoms with E-state index in [0.29, 0.717) is 0 Å². The van der Waals surface area contributed by atoms with E-state index in [1.807, 2.05) is 5.32 Å². The van der Waals surface area contributed by atoms with Gasteiger partial charge in [0.25, 0.3) is 0 Å². The first kappa shape index (κ1) is 16.6. The molecule has 0 fully saturated rings. The van der Waals surface area contributed by atoms with Crippen LogP contribution in [0.25, 0.3) is 0 Å². The van der Waals surface area contributed by atoms with Crippen molar-refractivity contribution in [3.05, 3.63) is 33.6 Å². The zero-order valence-corrected chi connectivity index (χ0v) is 12.5. The van der Waals surface area contributed by atoms with Gasteiger partial charge in [0.15, 0.2) is 0 Å². The number of carboxylic acid groups (broad SMARTS) is 2. The van der Waals surface area contributed by atoms with Gasteiger partial charge in [-0.25, -0.2) is 14.4 Å². The second kappa shape index (κ2) is 6.57. The van der Waals surface area contributed by atoms with Crippen molar-refractivity contribution in [2.75, 3.05) is 6.61 Å². The van der Waals surface area contributed by atoms with Gasteiger partial charge in [0.1, 0.15) is 0 Å². The zero-order chi connectivity index (χ0) is 17.1. The molecule has 0 aliphatic carbocycles. The van der Waals surface area contributed by atoms with E-state index in [4.69, 9.17) is 14.6 Å². The molecule has 3 N–H and O–H groups in total. The highest BCUT2D eigenvalue weighted by Gasteiger charge is 2.41. The third-order valence-corrected chi connectivity index (χ3v) is 4.03. The number of fused-ring (bicyclic) bond motifs is 1. The maximum atomic E-state index is 11.9. The number of thioether (sulfide) groups is 1. The molecule has 0 saturated carbocycles. The molecule has 0 spiro atoms. The summed E-state index contributed by atoms with van der Waals surface area (Å²) in [7, 11) is 0. The molecular formula is C13H11NO8S. The smallest absolute Gasteiger partial charge is 0.394 e. The van der Waals surface area contributed by atoms with E-state index >= 15 is 0 Å². The van der Waals surface area contributed by atoms with Crippen LogP contribution in [0, 0.1) is 5.92 Å². The van der Waals surface area contributed by atoms with E-state index in [1.54, 1.807) is 6.92 Å². The molecule has 0 aromatic carbocycles. The number of carboxylic acids is 2. The molecule has 9 nitrogen and oxygen atoms in total. The van der Waals surface area contributed by atoms with Crippen molar-refractivity contribution < 1.29 is 38.9 Å². The predicted octanol–water partition coefficient (Wildman–Crippen LogP) is 0.165. The van der Waals surface area contributed by atoms with Gasteiger partial charge in [-0.2, -0.15) is 0 Å². The Kier molecular flexibility index (Phi) is 4.74. The van der Waals surface area contributed by atoms with E-state index in [0.717, 1.165) is 18.0 Å². The van der Waals surface area contributed by atoms with E-state index in [2.05, 4.69) is 0 Å². The van der Waals surface area contributed by atoms with Gasteiger partial charge >= 0.3 is 23.8 Å². The average molecular weight is 341 g/mol. The predicted molar refractivity (Wildman–Crippen MR) is 75.4 cm³/mol. The summed E-state index contributed by atoms with van der Waals surface area (Å²) >= 11 is 0.745. The number of nitrogens with one attached hydrogen (secondary N) is 1. The molecule has 1 amide bonds. The van der Waals surface area contributed by atoms with Gasteiger partial charge in [-0.05, 0) is 13.0 Å². The van der Waals surface area contributed by atoms with Gasteiger partial charge in [0.05, 0.1) is 34.3 Å². The van der Waals surface area contributed by atoms with Gasteiger partial charge in [0.2, 0.25) is 5.76 Å². The van der Waals surface area contributed by atoms with Crippen molar-refractivity contribution >= 4 is 35.6 Å². The summed E-state index contributed by atoms with van der Waals surface area (Å²) in [5.41, 5.74) is -0.249. The Labute approximate surface area is 133 Å². The summed E-state index contributed by atoms with van der Waals surface area (Å²) in [6.07, 6.45) is 2.53. The highest BCUT2D eigenvalue weighted by Crippen LogP contribution is 2.48. The topological polar surface area (TPSA) is 139 Å². The van der Waals surface area contributed by atoms with E-state index in [9.17, 15) is 24.3 Å². The largest absolute Gasteiger partial charge is 0.478 e. The lowest BCUT2D eigenvalue weighted by molar-refractivity contribution is -0.149. The third kappa shape index (κ3) is 3.21. The van der Waals surface area contributed by atoms with Crippen LogP contribution in [0.2, 0.25) is 0 Å². The van der Waals surface area contributed by atoms with Crippen LogP contribution in [-0.4, -0.2) is 40.6 Å². The van der Waals surface area contributed by atoms with Crippen molar-refractivity contribution in [3.8, 4) is 0 Å². The van der Waals surface area contributed by atoms with Crippen molar-refractivity contribution in [3.63, 3.8) is 0 Å². The average Bonchev–Trinajstić information content (AvgIpc) is 2.84. The molecule has 10 heteroatoms. The lowest BCUT2D eigenvalue weighted by Gasteiger charge is -2.17. The molecule has 2 aliphatic heterocycles.